The van der Waals surface area contributed by atoms with Crippen molar-refractivity contribution in [3.63, 3.8) is 0 Å². The Bertz CT molecular complexity index is 1640. The van der Waals surface area contributed by atoms with Gasteiger partial charge in [0.1, 0.15) is 19.3 Å². The zero-order chi connectivity index (χ0) is 62.0. The maximum atomic E-state index is 13.0. The lowest BCUT2D eigenvalue weighted by atomic mass is 10.0. The number of ether oxygens (including phenoxy) is 4. The van der Waals surface area contributed by atoms with Gasteiger partial charge in [-0.15, -0.1) is 0 Å². The molecule has 0 aromatic heterocycles. The van der Waals surface area contributed by atoms with Crippen LogP contribution in [0.5, 0.6) is 0 Å². The summed E-state index contributed by atoms with van der Waals surface area (Å²) in [5.41, 5.74) is 0. The molecular weight excluding hydrogens is 1110 g/mol. The summed E-state index contributed by atoms with van der Waals surface area (Å²) in [6.07, 6.45) is 43.3. The van der Waals surface area contributed by atoms with E-state index in [-0.39, 0.29) is 25.7 Å². The van der Waals surface area contributed by atoms with Gasteiger partial charge in [-0.2, -0.15) is 0 Å². The first-order chi connectivity index (χ1) is 40.5. The molecule has 19 heteroatoms. The van der Waals surface area contributed by atoms with Gasteiger partial charge in [0.15, 0.2) is 12.2 Å². The van der Waals surface area contributed by atoms with Crippen LogP contribution in [0.2, 0.25) is 0 Å². The van der Waals surface area contributed by atoms with Crippen molar-refractivity contribution in [1.82, 2.24) is 0 Å². The van der Waals surface area contributed by atoms with Crippen molar-refractivity contribution < 1.29 is 80.2 Å². The molecule has 3 N–H and O–H groups in total. The first-order valence-corrected chi connectivity index (χ1v) is 37.1. The second-order valence-corrected chi connectivity index (χ2v) is 26.9. The van der Waals surface area contributed by atoms with E-state index in [1.807, 2.05) is 0 Å². The predicted molar refractivity (Wildman–Crippen MR) is 335 cm³/mol. The Labute approximate surface area is 511 Å². The third-order valence-corrected chi connectivity index (χ3v) is 16.9. The monoisotopic (exact) mass is 1240 g/mol. The van der Waals surface area contributed by atoms with Crippen molar-refractivity contribution in [1.29, 1.82) is 0 Å². The lowest BCUT2D eigenvalue weighted by Gasteiger charge is -2.21. The lowest BCUT2D eigenvalue weighted by Crippen LogP contribution is -2.30. The van der Waals surface area contributed by atoms with Crippen molar-refractivity contribution in [3.8, 4) is 0 Å². The standard InChI is InChI=1S/C65H126O17P2/c1-6-9-12-15-18-19-20-23-27-30-35-39-44-49-63(68)76-55-61(82-65(70)51-46-41-36-31-28-25-22-21-24-26-29-34-37-42-47-58(4)5)57-80-84(73,74)78-53-59(66)52-77-83(71,72)79-56-60(81-64(69)50-45-40-33-17-14-11-8-3)54-75-62(67)48-43-38-32-16-13-10-7-2/h58-61,66H,6-57H2,1-5H3,(H,71,72)(H,73,74)/t59-,60+,61+/m0/s1. The minimum atomic E-state index is -4.94. The summed E-state index contributed by atoms with van der Waals surface area (Å²) in [6.45, 7) is 7.15. The smallest absolute Gasteiger partial charge is 0.462 e. The predicted octanol–water partition coefficient (Wildman–Crippen LogP) is 18.2. The molecule has 0 heterocycles. The van der Waals surface area contributed by atoms with Gasteiger partial charge in [0.05, 0.1) is 26.4 Å². The number of esters is 4. The van der Waals surface area contributed by atoms with E-state index in [0.29, 0.717) is 25.7 Å². The number of aliphatic hydroxyl groups excluding tert-OH is 1. The molecule has 5 atom stereocenters. The van der Waals surface area contributed by atoms with Gasteiger partial charge < -0.3 is 33.8 Å². The number of hydrogen-bond donors (Lipinski definition) is 3. The largest absolute Gasteiger partial charge is 0.472 e. The van der Waals surface area contributed by atoms with Crippen LogP contribution in [0.3, 0.4) is 0 Å². The van der Waals surface area contributed by atoms with Crippen LogP contribution >= 0.6 is 15.6 Å². The fraction of sp³-hybridized carbons (Fsp3) is 0.938. The zero-order valence-electron chi connectivity index (χ0n) is 54.0. The highest BCUT2D eigenvalue weighted by molar-refractivity contribution is 7.47. The van der Waals surface area contributed by atoms with E-state index in [1.165, 1.54) is 128 Å². The first kappa shape index (κ1) is 82.1. The average Bonchev–Trinajstić information content (AvgIpc) is 3.58. The number of carbonyl (C=O) groups is 4. The highest BCUT2D eigenvalue weighted by Gasteiger charge is 2.30. The van der Waals surface area contributed by atoms with Gasteiger partial charge in [0.2, 0.25) is 0 Å². The Hall–Kier alpha value is -1.94. The van der Waals surface area contributed by atoms with Crippen LogP contribution in [-0.2, 0) is 65.4 Å². The number of unbranched alkanes of at least 4 members (excludes halogenated alkanes) is 37. The average molecular weight is 1240 g/mol. The van der Waals surface area contributed by atoms with E-state index in [4.69, 9.17) is 37.0 Å². The van der Waals surface area contributed by atoms with E-state index < -0.39 is 97.5 Å². The molecule has 2 unspecified atom stereocenters. The summed E-state index contributed by atoms with van der Waals surface area (Å²) >= 11 is 0. The Morgan fingerprint density at radius 3 is 0.810 bits per heavy atom. The minimum Gasteiger partial charge on any atom is -0.462 e. The van der Waals surface area contributed by atoms with Crippen LogP contribution in [0.15, 0.2) is 0 Å². The third-order valence-electron chi connectivity index (χ3n) is 15.0. The molecular formula is C65H126O17P2. The molecule has 84 heavy (non-hydrogen) atoms. The molecule has 498 valence electrons. The second-order valence-electron chi connectivity index (χ2n) is 24.0. The molecule has 0 amide bonds. The van der Waals surface area contributed by atoms with E-state index in [0.717, 1.165) is 121 Å². The fourth-order valence-electron chi connectivity index (χ4n) is 9.76. The molecule has 0 rings (SSSR count). The maximum absolute atomic E-state index is 13.0. The summed E-state index contributed by atoms with van der Waals surface area (Å²) < 4.78 is 67.8. The second kappa shape index (κ2) is 58.7. The zero-order valence-corrected chi connectivity index (χ0v) is 55.8. The summed E-state index contributed by atoms with van der Waals surface area (Å²) in [5, 5.41) is 10.5. The summed E-state index contributed by atoms with van der Waals surface area (Å²) in [5.74, 6) is -1.34. The molecule has 0 aliphatic heterocycles. The molecule has 0 spiro atoms. The van der Waals surface area contributed by atoms with Crippen molar-refractivity contribution in [3.05, 3.63) is 0 Å². The number of phosphoric acid groups is 2. The minimum absolute atomic E-state index is 0.104. The highest BCUT2D eigenvalue weighted by Crippen LogP contribution is 2.45. The molecule has 0 bridgehead atoms. The number of phosphoric ester groups is 2. The van der Waals surface area contributed by atoms with Gasteiger partial charge in [-0.05, 0) is 31.6 Å². The third kappa shape index (κ3) is 59.0. The molecule has 0 aliphatic rings. The normalized spacial score (nSPS) is 14.2. The van der Waals surface area contributed by atoms with E-state index in [2.05, 4.69) is 34.6 Å². The molecule has 0 aromatic carbocycles. The SMILES string of the molecule is CCCCCCCCCCCCCCCC(=O)OC[C@H](COP(=O)(O)OC[C@@H](O)COP(=O)(O)OC[C@@H](COC(=O)CCCCCCCCC)OC(=O)CCCCCCCCC)OC(=O)CCCCCCCCCCCCCCCCC(C)C. The molecule has 0 aromatic rings. The highest BCUT2D eigenvalue weighted by atomic mass is 31.2. The van der Waals surface area contributed by atoms with Crippen LogP contribution < -0.4 is 0 Å². The van der Waals surface area contributed by atoms with Gasteiger partial charge >= 0.3 is 39.5 Å². The summed E-state index contributed by atoms with van der Waals surface area (Å²) in [6, 6.07) is 0. The van der Waals surface area contributed by atoms with Gasteiger partial charge in [0.25, 0.3) is 0 Å². The summed E-state index contributed by atoms with van der Waals surface area (Å²) in [4.78, 5) is 72.0. The molecule has 0 fully saturated rings. The van der Waals surface area contributed by atoms with Crippen molar-refractivity contribution in [2.75, 3.05) is 39.6 Å². The Morgan fingerprint density at radius 1 is 0.321 bits per heavy atom. The number of aliphatic hydroxyl groups is 1. The Morgan fingerprint density at radius 2 is 0.548 bits per heavy atom. The molecule has 0 saturated carbocycles. The number of carbonyl (C=O) groups excluding carboxylic acids is 4. The molecule has 0 aliphatic carbocycles. The van der Waals surface area contributed by atoms with Crippen molar-refractivity contribution in [2.24, 2.45) is 5.92 Å². The van der Waals surface area contributed by atoms with Crippen LogP contribution in [0.1, 0.15) is 330 Å². The lowest BCUT2D eigenvalue weighted by molar-refractivity contribution is -0.161. The van der Waals surface area contributed by atoms with Crippen LogP contribution in [0.4, 0.5) is 0 Å². The van der Waals surface area contributed by atoms with Crippen molar-refractivity contribution in [2.45, 2.75) is 348 Å². The maximum Gasteiger partial charge on any atom is 0.472 e. The van der Waals surface area contributed by atoms with Crippen LogP contribution in [0, 0.1) is 5.92 Å². The van der Waals surface area contributed by atoms with Gasteiger partial charge in [-0.25, -0.2) is 9.13 Å². The number of rotatable bonds is 65. The molecule has 0 saturated heterocycles. The Kier molecular flexibility index (Phi) is 57.4. The van der Waals surface area contributed by atoms with Gasteiger partial charge in [-0.3, -0.25) is 37.3 Å². The van der Waals surface area contributed by atoms with E-state index >= 15 is 0 Å². The Balaban J connectivity index is 5.16. The first-order valence-electron chi connectivity index (χ1n) is 34.1. The van der Waals surface area contributed by atoms with Crippen molar-refractivity contribution >= 4 is 39.5 Å². The molecule has 17 nitrogen and oxygen atoms in total. The topological polar surface area (TPSA) is 237 Å². The fourth-order valence-corrected chi connectivity index (χ4v) is 11.3. The van der Waals surface area contributed by atoms with Gasteiger partial charge in [-0.1, -0.05) is 279 Å². The quantitative estimate of drug-likeness (QED) is 0.0222. The van der Waals surface area contributed by atoms with Gasteiger partial charge in [0, 0.05) is 25.7 Å². The molecule has 0 radical (unpaired) electrons. The van der Waals surface area contributed by atoms with Crippen LogP contribution in [0.25, 0.3) is 0 Å². The summed E-state index contributed by atoms with van der Waals surface area (Å²) in [7, 11) is -9.88. The van der Waals surface area contributed by atoms with E-state index in [1.54, 1.807) is 0 Å². The number of hydrogen-bond acceptors (Lipinski definition) is 15. The van der Waals surface area contributed by atoms with E-state index in [9.17, 15) is 43.2 Å². The van der Waals surface area contributed by atoms with Crippen LogP contribution in [-0.4, -0.2) is 96.7 Å².